The van der Waals surface area contributed by atoms with Gasteiger partial charge in [0.25, 0.3) is 0 Å². The van der Waals surface area contributed by atoms with E-state index in [4.69, 9.17) is 18.0 Å². The first-order valence-corrected chi connectivity index (χ1v) is 7.30. The highest BCUT2D eigenvalue weighted by Gasteiger charge is 2.32. The first kappa shape index (κ1) is 15.4. The monoisotopic (exact) mass is 296 g/mol. The fraction of sp³-hybridized carbons (Fsp3) is 0.533. The molecule has 0 spiro atoms. The number of thiocarbonyl (C=S) groups is 1. The SMILES string of the molecule is CN(Cc1cccc(C(N)=S)c1F)CC1(O)CCCC1. The van der Waals surface area contributed by atoms with Crippen molar-refractivity contribution in [2.24, 2.45) is 5.73 Å². The lowest BCUT2D eigenvalue weighted by Gasteiger charge is -2.28. The van der Waals surface area contributed by atoms with Gasteiger partial charge in [-0.05, 0) is 26.0 Å². The van der Waals surface area contributed by atoms with Gasteiger partial charge < -0.3 is 10.8 Å². The highest BCUT2D eigenvalue weighted by Crippen LogP contribution is 2.30. The molecule has 1 aliphatic carbocycles. The molecule has 0 radical (unpaired) electrons. The van der Waals surface area contributed by atoms with Crippen LogP contribution in [-0.2, 0) is 6.54 Å². The van der Waals surface area contributed by atoms with Crippen LogP contribution >= 0.6 is 12.2 Å². The van der Waals surface area contributed by atoms with Crippen LogP contribution in [0.25, 0.3) is 0 Å². The number of nitrogens with two attached hydrogens (primary N) is 1. The van der Waals surface area contributed by atoms with E-state index < -0.39 is 5.60 Å². The molecule has 0 unspecified atom stereocenters. The molecule has 0 aliphatic heterocycles. The molecule has 3 N–H and O–H groups in total. The molecule has 1 fully saturated rings. The average molecular weight is 296 g/mol. The summed E-state index contributed by atoms with van der Waals surface area (Å²) >= 11 is 4.84. The number of halogens is 1. The van der Waals surface area contributed by atoms with E-state index in [2.05, 4.69) is 0 Å². The molecule has 3 nitrogen and oxygen atoms in total. The van der Waals surface area contributed by atoms with Crippen LogP contribution in [0.5, 0.6) is 0 Å². The topological polar surface area (TPSA) is 49.5 Å². The Bertz CT molecular complexity index is 501. The number of aliphatic hydroxyl groups is 1. The molecule has 0 amide bonds. The van der Waals surface area contributed by atoms with Crippen molar-refractivity contribution in [1.82, 2.24) is 4.90 Å². The quantitative estimate of drug-likeness (QED) is 0.818. The van der Waals surface area contributed by atoms with Crippen LogP contribution in [0.4, 0.5) is 4.39 Å². The molecule has 20 heavy (non-hydrogen) atoms. The number of likely N-dealkylation sites (N-methyl/N-ethyl adjacent to an activating group) is 1. The standard InChI is InChI=1S/C15H21FN2OS/c1-18(10-15(19)7-2-3-8-15)9-11-5-4-6-12(13(11)16)14(17)20/h4-6,19H,2-3,7-10H2,1H3,(H2,17,20). The lowest BCUT2D eigenvalue weighted by atomic mass is 10.0. The smallest absolute Gasteiger partial charge is 0.137 e. The van der Waals surface area contributed by atoms with Crippen LogP contribution in [0.3, 0.4) is 0 Å². The third kappa shape index (κ3) is 3.53. The van der Waals surface area contributed by atoms with Gasteiger partial charge in [-0.3, -0.25) is 4.90 Å². The van der Waals surface area contributed by atoms with E-state index in [1.807, 2.05) is 11.9 Å². The van der Waals surface area contributed by atoms with Gasteiger partial charge in [-0.15, -0.1) is 0 Å². The zero-order chi connectivity index (χ0) is 14.8. The Hall–Kier alpha value is -1.04. The summed E-state index contributed by atoms with van der Waals surface area (Å²) in [6, 6.07) is 5.07. The lowest BCUT2D eigenvalue weighted by Crippen LogP contribution is -2.39. The van der Waals surface area contributed by atoms with Gasteiger partial charge in [0.15, 0.2) is 0 Å². The summed E-state index contributed by atoms with van der Waals surface area (Å²) in [6.07, 6.45) is 3.78. The number of nitrogens with zero attached hydrogens (tertiary/aromatic N) is 1. The predicted octanol–water partition coefficient (Wildman–Crippen LogP) is 2.20. The van der Waals surface area contributed by atoms with Crippen molar-refractivity contribution in [1.29, 1.82) is 0 Å². The third-order valence-corrected chi connectivity index (χ3v) is 4.10. The molecule has 0 saturated heterocycles. The molecule has 1 aliphatic rings. The normalized spacial score (nSPS) is 17.6. The summed E-state index contributed by atoms with van der Waals surface area (Å²) in [4.78, 5) is 2.02. The number of benzene rings is 1. The van der Waals surface area contributed by atoms with Gasteiger partial charge in [-0.1, -0.05) is 37.2 Å². The van der Waals surface area contributed by atoms with Crippen molar-refractivity contribution in [2.75, 3.05) is 13.6 Å². The first-order valence-electron chi connectivity index (χ1n) is 6.89. The summed E-state index contributed by atoms with van der Waals surface area (Å²) in [5, 5.41) is 10.4. The number of rotatable bonds is 5. The van der Waals surface area contributed by atoms with Gasteiger partial charge in [0.2, 0.25) is 0 Å². The molecule has 1 aromatic rings. The van der Waals surface area contributed by atoms with Crippen molar-refractivity contribution in [3.63, 3.8) is 0 Å². The van der Waals surface area contributed by atoms with Crippen molar-refractivity contribution < 1.29 is 9.50 Å². The van der Waals surface area contributed by atoms with Crippen molar-refractivity contribution in [3.8, 4) is 0 Å². The van der Waals surface area contributed by atoms with E-state index in [1.54, 1.807) is 18.2 Å². The molecule has 110 valence electrons. The number of hydrogen-bond donors (Lipinski definition) is 2. The fourth-order valence-electron chi connectivity index (χ4n) is 2.93. The number of hydrogen-bond acceptors (Lipinski definition) is 3. The Morgan fingerprint density at radius 2 is 2.10 bits per heavy atom. The summed E-state index contributed by atoms with van der Waals surface area (Å²) in [6.45, 7) is 0.994. The van der Waals surface area contributed by atoms with Crippen LogP contribution in [-0.4, -0.2) is 34.2 Å². The van der Waals surface area contributed by atoms with Crippen LogP contribution in [0, 0.1) is 5.82 Å². The molecule has 0 atom stereocenters. The Morgan fingerprint density at radius 3 is 2.70 bits per heavy atom. The van der Waals surface area contributed by atoms with Crippen LogP contribution < -0.4 is 5.73 Å². The molecular formula is C15H21FN2OS. The van der Waals surface area contributed by atoms with Crippen LogP contribution in [0.2, 0.25) is 0 Å². The Kier molecular flexibility index (Phi) is 4.73. The molecule has 0 bridgehead atoms. The highest BCUT2D eigenvalue weighted by molar-refractivity contribution is 7.80. The fourth-order valence-corrected chi connectivity index (χ4v) is 3.09. The van der Waals surface area contributed by atoms with E-state index in [-0.39, 0.29) is 16.4 Å². The van der Waals surface area contributed by atoms with Crippen LogP contribution in [0.15, 0.2) is 18.2 Å². The van der Waals surface area contributed by atoms with Gasteiger partial charge >= 0.3 is 0 Å². The maximum absolute atomic E-state index is 14.2. The molecule has 1 aromatic carbocycles. The van der Waals surface area contributed by atoms with Gasteiger partial charge in [-0.2, -0.15) is 0 Å². The second kappa shape index (κ2) is 6.16. The molecule has 0 heterocycles. The minimum absolute atomic E-state index is 0.0708. The Balaban J connectivity index is 2.06. The summed E-state index contributed by atoms with van der Waals surface area (Å²) in [5.74, 6) is -0.356. The van der Waals surface area contributed by atoms with Crippen molar-refractivity contribution >= 4 is 17.2 Å². The average Bonchev–Trinajstić information content (AvgIpc) is 2.77. The maximum Gasteiger partial charge on any atom is 0.137 e. The third-order valence-electron chi connectivity index (χ3n) is 3.88. The second-order valence-electron chi connectivity index (χ2n) is 5.75. The minimum atomic E-state index is -0.619. The van der Waals surface area contributed by atoms with Gasteiger partial charge in [0.05, 0.1) is 5.60 Å². The van der Waals surface area contributed by atoms with E-state index in [9.17, 15) is 9.50 Å². The van der Waals surface area contributed by atoms with E-state index in [1.165, 1.54) is 0 Å². The maximum atomic E-state index is 14.2. The summed E-state index contributed by atoms with van der Waals surface area (Å²) in [5.41, 5.74) is 5.72. The van der Waals surface area contributed by atoms with Gasteiger partial charge in [0, 0.05) is 24.2 Å². The zero-order valence-corrected chi connectivity index (χ0v) is 12.5. The zero-order valence-electron chi connectivity index (χ0n) is 11.7. The summed E-state index contributed by atoms with van der Waals surface area (Å²) in [7, 11) is 1.89. The van der Waals surface area contributed by atoms with E-state index in [0.29, 0.717) is 18.7 Å². The van der Waals surface area contributed by atoms with Gasteiger partial charge in [0.1, 0.15) is 10.8 Å². The first-order chi connectivity index (χ1) is 9.41. The minimum Gasteiger partial charge on any atom is -0.389 e. The molecular weight excluding hydrogens is 275 g/mol. The largest absolute Gasteiger partial charge is 0.389 e. The van der Waals surface area contributed by atoms with Crippen molar-refractivity contribution in [2.45, 2.75) is 37.8 Å². The second-order valence-corrected chi connectivity index (χ2v) is 6.19. The van der Waals surface area contributed by atoms with Crippen molar-refractivity contribution in [3.05, 3.63) is 35.1 Å². The highest BCUT2D eigenvalue weighted by atomic mass is 32.1. The Morgan fingerprint density at radius 1 is 1.45 bits per heavy atom. The van der Waals surface area contributed by atoms with E-state index >= 15 is 0 Å². The molecule has 1 saturated carbocycles. The van der Waals surface area contributed by atoms with Crippen LogP contribution in [0.1, 0.15) is 36.8 Å². The molecule has 5 heteroatoms. The summed E-state index contributed by atoms with van der Waals surface area (Å²) < 4.78 is 14.2. The molecule has 0 aromatic heterocycles. The Labute approximate surface area is 124 Å². The van der Waals surface area contributed by atoms with E-state index in [0.717, 1.165) is 25.7 Å². The van der Waals surface area contributed by atoms with Gasteiger partial charge in [-0.25, -0.2) is 4.39 Å². The lowest BCUT2D eigenvalue weighted by molar-refractivity contribution is 0.0143. The predicted molar refractivity (Wildman–Crippen MR) is 82.0 cm³/mol. The molecule has 2 rings (SSSR count).